The molecule has 0 saturated heterocycles. The second-order valence-corrected chi connectivity index (χ2v) is 9.60. The highest BCUT2D eigenvalue weighted by molar-refractivity contribution is 5.95. The van der Waals surface area contributed by atoms with Crippen LogP contribution in [0.25, 0.3) is 0 Å². The molecule has 1 aromatic carbocycles. The summed E-state index contributed by atoms with van der Waals surface area (Å²) in [6, 6.07) is 9.23. The fraction of sp³-hybridized carbons (Fsp3) is 0.600. The molecule has 0 bridgehead atoms. The van der Waals surface area contributed by atoms with Crippen molar-refractivity contribution in [2.75, 3.05) is 13.1 Å². The molecule has 2 aliphatic rings. The van der Waals surface area contributed by atoms with E-state index in [1.54, 1.807) is 6.92 Å². The number of ketones is 2. The number of rotatable bonds is 12. The van der Waals surface area contributed by atoms with Gasteiger partial charge in [-0.25, -0.2) is 0 Å². The highest BCUT2D eigenvalue weighted by Crippen LogP contribution is 2.28. The molecule has 2 heterocycles. The summed E-state index contributed by atoms with van der Waals surface area (Å²) in [5.41, 5.74) is 3.40. The minimum Gasteiger partial charge on any atom is -0.300 e. The molecule has 0 amide bonds. The Morgan fingerprint density at radius 3 is 2.38 bits per heavy atom. The van der Waals surface area contributed by atoms with Crippen molar-refractivity contribution >= 4 is 23.0 Å². The number of aliphatic imine (C=N–C) groups is 2. The third-order valence-corrected chi connectivity index (χ3v) is 6.81. The summed E-state index contributed by atoms with van der Waals surface area (Å²) in [5, 5.41) is 0. The van der Waals surface area contributed by atoms with E-state index in [0.29, 0.717) is 17.6 Å². The molecule has 34 heavy (non-hydrogen) atoms. The SMILES string of the molecule is CC(=O)c1ccccc1.CCCCCC(=O)CC1CCN=C(CCCCC2=NCCC=C2)C1C. The van der Waals surface area contributed by atoms with E-state index >= 15 is 0 Å². The van der Waals surface area contributed by atoms with E-state index in [1.807, 2.05) is 30.3 Å². The van der Waals surface area contributed by atoms with Crippen molar-refractivity contribution in [2.45, 2.75) is 91.4 Å². The summed E-state index contributed by atoms with van der Waals surface area (Å²) >= 11 is 0. The molecule has 3 rings (SSSR count). The van der Waals surface area contributed by atoms with Crippen LogP contribution in [0, 0.1) is 11.8 Å². The standard InChI is InChI=1S/C22H36N2O.C8H8O/c1-3-4-5-12-21(25)17-19-14-16-24-22(18(19)2)13-7-6-10-20-11-8-9-15-23-20;1-7(9)8-5-3-2-4-6-8/h8,11,18-19H,3-7,9-10,12-17H2,1-2H3;2-6H,1H3. The third kappa shape index (κ3) is 10.7. The number of benzene rings is 1. The van der Waals surface area contributed by atoms with Crippen LogP contribution >= 0.6 is 0 Å². The molecule has 0 fully saturated rings. The summed E-state index contributed by atoms with van der Waals surface area (Å²) in [4.78, 5) is 32.2. The minimum atomic E-state index is 0.121. The van der Waals surface area contributed by atoms with Gasteiger partial charge in [-0.05, 0) is 69.8 Å². The lowest BCUT2D eigenvalue weighted by molar-refractivity contribution is -0.120. The van der Waals surface area contributed by atoms with Gasteiger partial charge in [0.2, 0.25) is 0 Å². The molecule has 186 valence electrons. The maximum absolute atomic E-state index is 12.2. The maximum atomic E-state index is 12.2. The quantitative estimate of drug-likeness (QED) is 0.238. The van der Waals surface area contributed by atoms with Crippen molar-refractivity contribution in [2.24, 2.45) is 21.8 Å². The summed E-state index contributed by atoms with van der Waals surface area (Å²) in [5.74, 6) is 1.59. The van der Waals surface area contributed by atoms with E-state index in [4.69, 9.17) is 4.99 Å². The molecule has 2 aliphatic heterocycles. The zero-order valence-corrected chi connectivity index (χ0v) is 21.6. The van der Waals surface area contributed by atoms with Crippen LogP contribution in [0.2, 0.25) is 0 Å². The Labute approximate surface area is 207 Å². The first-order valence-electron chi connectivity index (χ1n) is 13.3. The van der Waals surface area contributed by atoms with Gasteiger partial charge in [0.1, 0.15) is 5.78 Å². The van der Waals surface area contributed by atoms with Gasteiger partial charge in [0, 0.05) is 42.9 Å². The fourth-order valence-electron chi connectivity index (χ4n) is 4.59. The van der Waals surface area contributed by atoms with Gasteiger partial charge in [-0.1, -0.05) is 63.1 Å². The van der Waals surface area contributed by atoms with Gasteiger partial charge in [-0.2, -0.15) is 0 Å². The first-order chi connectivity index (χ1) is 16.5. The van der Waals surface area contributed by atoms with Crippen molar-refractivity contribution in [3.05, 3.63) is 48.0 Å². The molecule has 0 spiro atoms. The van der Waals surface area contributed by atoms with E-state index in [0.717, 1.165) is 63.6 Å². The summed E-state index contributed by atoms with van der Waals surface area (Å²) in [7, 11) is 0. The lowest BCUT2D eigenvalue weighted by Crippen LogP contribution is -2.28. The van der Waals surface area contributed by atoms with Crippen molar-refractivity contribution in [3.63, 3.8) is 0 Å². The number of hydrogen-bond acceptors (Lipinski definition) is 4. The minimum absolute atomic E-state index is 0.121. The molecule has 4 nitrogen and oxygen atoms in total. The van der Waals surface area contributed by atoms with Crippen LogP contribution < -0.4 is 0 Å². The van der Waals surface area contributed by atoms with Crippen LogP contribution in [0.5, 0.6) is 0 Å². The van der Waals surface area contributed by atoms with E-state index in [2.05, 4.69) is 31.0 Å². The van der Waals surface area contributed by atoms with Gasteiger partial charge in [0.05, 0.1) is 0 Å². The van der Waals surface area contributed by atoms with Gasteiger partial charge in [-0.15, -0.1) is 0 Å². The number of nitrogens with zero attached hydrogens (tertiary/aromatic N) is 2. The number of unbranched alkanes of at least 4 members (excludes halogenated alkanes) is 3. The predicted molar refractivity (Wildman–Crippen MR) is 144 cm³/mol. The van der Waals surface area contributed by atoms with Gasteiger partial charge in [0.25, 0.3) is 0 Å². The number of dihydropyridines is 1. The molecular formula is C30H44N2O2. The van der Waals surface area contributed by atoms with Crippen molar-refractivity contribution in [1.29, 1.82) is 0 Å². The molecule has 2 atom stereocenters. The van der Waals surface area contributed by atoms with Crippen molar-refractivity contribution in [3.8, 4) is 0 Å². The average molecular weight is 465 g/mol. The zero-order valence-electron chi connectivity index (χ0n) is 21.6. The maximum Gasteiger partial charge on any atom is 0.159 e. The monoisotopic (exact) mass is 464 g/mol. The Kier molecular flexibility index (Phi) is 13.4. The van der Waals surface area contributed by atoms with E-state index in [1.165, 1.54) is 37.1 Å². The predicted octanol–water partition coefficient (Wildman–Crippen LogP) is 7.47. The Hall–Kier alpha value is -2.36. The first kappa shape index (κ1) is 27.9. The van der Waals surface area contributed by atoms with Crippen LogP contribution in [0.3, 0.4) is 0 Å². The Morgan fingerprint density at radius 2 is 1.74 bits per heavy atom. The molecule has 0 radical (unpaired) electrons. The van der Waals surface area contributed by atoms with Crippen molar-refractivity contribution < 1.29 is 9.59 Å². The summed E-state index contributed by atoms with van der Waals surface area (Å²) in [6.07, 6.45) is 16.1. The molecule has 0 aliphatic carbocycles. The molecular weight excluding hydrogens is 420 g/mol. The van der Waals surface area contributed by atoms with E-state index < -0.39 is 0 Å². The molecule has 0 saturated carbocycles. The largest absolute Gasteiger partial charge is 0.300 e. The first-order valence-corrected chi connectivity index (χ1v) is 13.3. The second kappa shape index (κ2) is 16.3. The fourth-order valence-corrected chi connectivity index (χ4v) is 4.59. The van der Waals surface area contributed by atoms with Crippen LogP contribution in [0.15, 0.2) is 52.5 Å². The third-order valence-electron chi connectivity index (χ3n) is 6.81. The summed E-state index contributed by atoms with van der Waals surface area (Å²) < 4.78 is 0. The molecule has 4 heteroatoms. The highest BCUT2D eigenvalue weighted by atomic mass is 16.1. The van der Waals surface area contributed by atoms with E-state index in [9.17, 15) is 9.59 Å². The second-order valence-electron chi connectivity index (χ2n) is 9.60. The molecule has 2 unspecified atom stereocenters. The zero-order chi connectivity index (χ0) is 24.6. The number of allylic oxidation sites excluding steroid dienone is 1. The number of Topliss-reactive ketones (excluding diaryl/α,β-unsaturated/α-hetero) is 2. The molecule has 0 aromatic heterocycles. The van der Waals surface area contributed by atoms with Crippen LogP contribution in [0.1, 0.15) is 102 Å². The number of carbonyl (C=O) groups excluding carboxylic acids is 2. The topological polar surface area (TPSA) is 58.9 Å². The average Bonchev–Trinajstić information content (AvgIpc) is 2.85. The van der Waals surface area contributed by atoms with Crippen molar-refractivity contribution in [1.82, 2.24) is 0 Å². The van der Waals surface area contributed by atoms with Gasteiger partial charge >= 0.3 is 0 Å². The Balaban J connectivity index is 0.000000379. The van der Waals surface area contributed by atoms with Gasteiger partial charge < -0.3 is 0 Å². The Morgan fingerprint density at radius 1 is 0.971 bits per heavy atom. The number of carbonyl (C=O) groups is 2. The smallest absolute Gasteiger partial charge is 0.159 e. The van der Waals surface area contributed by atoms with Gasteiger partial charge in [0.15, 0.2) is 5.78 Å². The van der Waals surface area contributed by atoms with Crippen LogP contribution in [-0.4, -0.2) is 36.1 Å². The lowest BCUT2D eigenvalue weighted by atomic mass is 9.79. The van der Waals surface area contributed by atoms with Crippen LogP contribution in [-0.2, 0) is 4.79 Å². The number of hydrogen-bond donors (Lipinski definition) is 0. The normalized spacial score (nSPS) is 19.5. The lowest BCUT2D eigenvalue weighted by Gasteiger charge is -2.29. The van der Waals surface area contributed by atoms with Gasteiger partial charge in [-0.3, -0.25) is 19.6 Å². The molecule has 1 aromatic rings. The summed E-state index contributed by atoms with van der Waals surface area (Å²) in [6.45, 7) is 7.92. The van der Waals surface area contributed by atoms with Crippen LogP contribution in [0.4, 0.5) is 0 Å². The highest BCUT2D eigenvalue weighted by Gasteiger charge is 2.26. The Bertz CT molecular complexity index is 839. The van der Waals surface area contributed by atoms with E-state index in [-0.39, 0.29) is 5.78 Å². The molecule has 0 N–H and O–H groups in total.